The summed E-state index contributed by atoms with van der Waals surface area (Å²) in [5.41, 5.74) is 2.12. The second-order valence-corrected chi connectivity index (χ2v) is 4.94. The van der Waals surface area contributed by atoms with Crippen molar-refractivity contribution in [3.8, 4) is 0 Å². The molecule has 1 amide bonds. The monoisotopic (exact) mass is 274 g/mol. The molecule has 1 heterocycles. The lowest BCUT2D eigenvalue weighted by Crippen LogP contribution is -2.32. The molecule has 0 bridgehead atoms. The van der Waals surface area contributed by atoms with Crippen molar-refractivity contribution in [2.45, 2.75) is 13.5 Å². The summed E-state index contributed by atoms with van der Waals surface area (Å²) in [6, 6.07) is 7.25. The molecule has 1 N–H and O–H groups in total. The van der Waals surface area contributed by atoms with Crippen LogP contribution in [0, 0.1) is 6.92 Å². The van der Waals surface area contributed by atoms with Crippen LogP contribution in [-0.2, 0) is 11.3 Å². The summed E-state index contributed by atoms with van der Waals surface area (Å²) in [7, 11) is 3.44. The predicted octanol–water partition coefficient (Wildman–Crippen LogP) is 1.28. The van der Waals surface area contributed by atoms with Crippen LogP contribution in [0.3, 0.4) is 0 Å². The molecule has 1 aromatic heterocycles. The van der Waals surface area contributed by atoms with E-state index in [1.807, 2.05) is 37.1 Å². The highest BCUT2D eigenvalue weighted by molar-refractivity contribution is 5.81. The number of carbonyl (C=O) groups is 1. The fourth-order valence-electron chi connectivity index (χ4n) is 2.14. The maximum Gasteiger partial charge on any atom is 0.336 e. The largest absolute Gasteiger partial charge is 0.423 e. The first-order valence-corrected chi connectivity index (χ1v) is 6.42. The Hall–Kier alpha value is -2.14. The predicted molar refractivity (Wildman–Crippen MR) is 77.6 cm³/mol. The number of hydrogen-bond donors (Lipinski definition) is 1. The Balaban J connectivity index is 2.34. The molecular weight excluding hydrogens is 256 g/mol. The zero-order valence-corrected chi connectivity index (χ0v) is 11.9. The van der Waals surface area contributed by atoms with Crippen molar-refractivity contribution in [1.82, 2.24) is 10.2 Å². The Labute approximate surface area is 117 Å². The van der Waals surface area contributed by atoms with Crippen molar-refractivity contribution in [3.63, 3.8) is 0 Å². The maximum atomic E-state index is 11.6. The average Bonchev–Trinajstić information content (AvgIpc) is 2.37. The third-order valence-electron chi connectivity index (χ3n) is 3.12. The van der Waals surface area contributed by atoms with E-state index in [2.05, 4.69) is 5.32 Å². The van der Waals surface area contributed by atoms with Crippen LogP contribution in [0.1, 0.15) is 11.1 Å². The van der Waals surface area contributed by atoms with Gasteiger partial charge in [-0.05, 0) is 31.2 Å². The molecule has 2 rings (SSSR count). The second kappa shape index (κ2) is 5.88. The van der Waals surface area contributed by atoms with E-state index in [9.17, 15) is 9.59 Å². The van der Waals surface area contributed by atoms with Crippen molar-refractivity contribution in [2.75, 3.05) is 20.6 Å². The van der Waals surface area contributed by atoms with Gasteiger partial charge >= 0.3 is 5.63 Å². The lowest BCUT2D eigenvalue weighted by atomic mass is 10.1. The third kappa shape index (κ3) is 3.24. The van der Waals surface area contributed by atoms with E-state index in [4.69, 9.17) is 4.42 Å². The second-order valence-electron chi connectivity index (χ2n) is 4.94. The molecule has 106 valence electrons. The van der Waals surface area contributed by atoms with Crippen LogP contribution in [0.25, 0.3) is 11.0 Å². The molecule has 2 aromatic rings. The van der Waals surface area contributed by atoms with E-state index < -0.39 is 0 Å². The molecule has 0 saturated carbocycles. The number of carbonyl (C=O) groups excluding carboxylic acids is 1. The van der Waals surface area contributed by atoms with E-state index in [1.54, 1.807) is 7.05 Å². The van der Waals surface area contributed by atoms with Gasteiger partial charge in [0.25, 0.3) is 0 Å². The molecule has 0 spiro atoms. The highest BCUT2D eigenvalue weighted by Crippen LogP contribution is 2.19. The maximum absolute atomic E-state index is 11.6. The Morgan fingerprint density at radius 2 is 2.10 bits per heavy atom. The molecule has 0 aliphatic carbocycles. The summed E-state index contributed by atoms with van der Waals surface area (Å²) in [6.07, 6.45) is 0. The average molecular weight is 274 g/mol. The number of fused-ring (bicyclic) bond motifs is 1. The lowest BCUT2D eigenvalue weighted by molar-refractivity contribution is -0.121. The van der Waals surface area contributed by atoms with E-state index in [0.29, 0.717) is 12.1 Å². The first-order valence-electron chi connectivity index (χ1n) is 6.42. The van der Waals surface area contributed by atoms with E-state index >= 15 is 0 Å². The van der Waals surface area contributed by atoms with Crippen molar-refractivity contribution in [1.29, 1.82) is 0 Å². The highest BCUT2D eigenvalue weighted by Gasteiger charge is 2.10. The van der Waals surface area contributed by atoms with Crippen LogP contribution in [0.2, 0.25) is 0 Å². The summed E-state index contributed by atoms with van der Waals surface area (Å²) < 4.78 is 5.21. The van der Waals surface area contributed by atoms with Crippen LogP contribution in [0.4, 0.5) is 0 Å². The van der Waals surface area contributed by atoms with Gasteiger partial charge in [-0.3, -0.25) is 9.69 Å². The van der Waals surface area contributed by atoms with Crippen molar-refractivity contribution in [2.24, 2.45) is 0 Å². The molecule has 0 atom stereocenters. The molecule has 0 aliphatic heterocycles. The van der Waals surface area contributed by atoms with E-state index in [-0.39, 0.29) is 18.1 Å². The minimum atomic E-state index is -0.369. The molecule has 0 aliphatic rings. The van der Waals surface area contributed by atoms with Crippen LogP contribution in [0.5, 0.6) is 0 Å². The zero-order valence-electron chi connectivity index (χ0n) is 11.9. The Kier molecular flexibility index (Phi) is 4.20. The summed E-state index contributed by atoms with van der Waals surface area (Å²) in [6.45, 7) is 2.74. The van der Waals surface area contributed by atoms with Crippen molar-refractivity contribution in [3.05, 3.63) is 45.8 Å². The smallest absolute Gasteiger partial charge is 0.336 e. The van der Waals surface area contributed by atoms with Gasteiger partial charge in [-0.2, -0.15) is 0 Å². The molecule has 1 aromatic carbocycles. The number of nitrogens with one attached hydrogen (secondary N) is 1. The quantitative estimate of drug-likeness (QED) is 0.853. The van der Waals surface area contributed by atoms with Gasteiger partial charge in [-0.25, -0.2) is 4.79 Å². The molecule has 0 unspecified atom stereocenters. The number of likely N-dealkylation sites (N-methyl/N-ethyl adjacent to an activating group) is 2. The van der Waals surface area contributed by atoms with Gasteiger partial charge < -0.3 is 9.73 Å². The Morgan fingerprint density at radius 1 is 1.35 bits per heavy atom. The standard InChI is InChI=1S/C15H18N2O3/c1-10-4-5-12-11(7-15(19)20-13(12)6-10)8-17(3)9-14(18)16-2/h4-7H,8-9H2,1-3H3,(H,16,18). The fourth-order valence-corrected chi connectivity index (χ4v) is 2.14. The number of hydrogen-bond acceptors (Lipinski definition) is 4. The van der Waals surface area contributed by atoms with Gasteiger partial charge in [0.2, 0.25) is 5.91 Å². The third-order valence-corrected chi connectivity index (χ3v) is 3.12. The van der Waals surface area contributed by atoms with Crippen molar-refractivity contribution >= 4 is 16.9 Å². The summed E-state index contributed by atoms with van der Waals surface area (Å²) >= 11 is 0. The first-order chi connectivity index (χ1) is 9.49. The van der Waals surface area contributed by atoms with Gasteiger partial charge in [0.05, 0.1) is 6.54 Å². The van der Waals surface area contributed by atoms with Gasteiger partial charge in [-0.1, -0.05) is 12.1 Å². The Morgan fingerprint density at radius 3 is 2.80 bits per heavy atom. The number of rotatable bonds is 4. The van der Waals surface area contributed by atoms with Crippen LogP contribution in [-0.4, -0.2) is 31.4 Å². The van der Waals surface area contributed by atoms with Gasteiger partial charge in [-0.15, -0.1) is 0 Å². The van der Waals surface area contributed by atoms with Gasteiger partial charge in [0.15, 0.2) is 0 Å². The highest BCUT2D eigenvalue weighted by atomic mass is 16.4. The van der Waals surface area contributed by atoms with E-state index in [0.717, 1.165) is 16.5 Å². The molecule has 5 nitrogen and oxygen atoms in total. The molecule has 0 saturated heterocycles. The minimum Gasteiger partial charge on any atom is -0.423 e. The molecular formula is C15H18N2O3. The van der Waals surface area contributed by atoms with Crippen LogP contribution >= 0.6 is 0 Å². The summed E-state index contributed by atoms with van der Waals surface area (Å²) in [4.78, 5) is 24.8. The molecule has 0 radical (unpaired) electrons. The number of nitrogens with zero attached hydrogens (tertiary/aromatic N) is 1. The zero-order chi connectivity index (χ0) is 14.7. The van der Waals surface area contributed by atoms with Gasteiger partial charge in [0, 0.05) is 25.0 Å². The van der Waals surface area contributed by atoms with Crippen molar-refractivity contribution < 1.29 is 9.21 Å². The molecule has 20 heavy (non-hydrogen) atoms. The van der Waals surface area contributed by atoms with Crippen LogP contribution < -0.4 is 10.9 Å². The SMILES string of the molecule is CNC(=O)CN(C)Cc1cc(=O)oc2cc(C)ccc12. The first kappa shape index (κ1) is 14.3. The van der Waals surface area contributed by atoms with Crippen LogP contribution in [0.15, 0.2) is 33.5 Å². The lowest BCUT2D eigenvalue weighted by Gasteiger charge is -2.16. The molecule has 0 fully saturated rings. The van der Waals surface area contributed by atoms with Gasteiger partial charge in [0.1, 0.15) is 5.58 Å². The normalized spacial score (nSPS) is 11.0. The summed E-state index contributed by atoms with van der Waals surface area (Å²) in [5, 5.41) is 3.48. The number of amides is 1. The minimum absolute atomic E-state index is 0.0596. The van der Waals surface area contributed by atoms with E-state index in [1.165, 1.54) is 6.07 Å². The fraction of sp³-hybridized carbons (Fsp3) is 0.333. The number of benzene rings is 1. The molecule has 5 heteroatoms. The topological polar surface area (TPSA) is 62.6 Å². The summed E-state index contributed by atoms with van der Waals surface area (Å²) in [5.74, 6) is -0.0596. The number of aryl methyl sites for hydroxylation is 1. The Bertz CT molecular complexity index is 691.